The fourth-order valence-corrected chi connectivity index (χ4v) is 5.00. The number of nitrogens with zero attached hydrogens (tertiary/aromatic N) is 2. The number of nitrogens with one attached hydrogen (secondary N) is 1. The number of fused-ring (bicyclic) bond motifs is 3. The summed E-state index contributed by atoms with van der Waals surface area (Å²) in [6, 6.07) is 5.73. The number of aromatic amines is 1. The molecular formula is C20H26ClN3O2S. The molecule has 0 bridgehead atoms. The second kappa shape index (κ2) is 8.67. The van der Waals surface area contributed by atoms with Crippen molar-refractivity contribution in [3.63, 3.8) is 0 Å². The average Bonchev–Trinajstić information content (AvgIpc) is 2.68. The molecule has 2 aromatic rings. The highest BCUT2D eigenvalue weighted by molar-refractivity contribution is 7.98. The SMILES string of the molecule is CCCN1CCN(C(=O)c2ccc3[nH]c(=O)c4c(c3c2)CCSC4)CC1.Cl. The van der Waals surface area contributed by atoms with Crippen molar-refractivity contribution in [3.8, 4) is 0 Å². The van der Waals surface area contributed by atoms with Crippen molar-refractivity contribution in [2.24, 2.45) is 0 Å². The lowest BCUT2D eigenvalue weighted by atomic mass is 9.99. The second-order valence-electron chi connectivity index (χ2n) is 7.11. The molecule has 1 amide bonds. The maximum Gasteiger partial charge on any atom is 0.253 e. The van der Waals surface area contributed by atoms with E-state index in [0.29, 0.717) is 0 Å². The van der Waals surface area contributed by atoms with Crippen LogP contribution in [-0.4, -0.2) is 59.2 Å². The van der Waals surface area contributed by atoms with E-state index in [2.05, 4.69) is 16.8 Å². The maximum absolute atomic E-state index is 13.0. The van der Waals surface area contributed by atoms with Gasteiger partial charge in [-0.25, -0.2) is 0 Å². The Morgan fingerprint density at radius 1 is 1.19 bits per heavy atom. The molecular weight excluding hydrogens is 382 g/mol. The van der Waals surface area contributed by atoms with E-state index in [1.807, 2.05) is 23.1 Å². The van der Waals surface area contributed by atoms with E-state index in [0.717, 1.165) is 84.7 Å². The van der Waals surface area contributed by atoms with Gasteiger partial charge >= 0.3 is 0 Å². The second-order valence-corrected chi connectivity index (χ2v) is 8.21. The third-order valence-electron chi connectivity index (χ3n) is 5.42. The number of thioether (sulfide) groups is 1. The number of aromatic nitrogens is 1. The van der Waals surface area contributed by atoms with Crippen LogP contribution in [0.2, 0.25) is 0 Å². The number of hydrogen-bond acceptors (Lipinski definition) is 4. The standard InChI is InChI=1S/C20H25N3O2S.ClH/c1-2-6-22-7-9-23(10-8-22)20(25)14-3-4-18-16(12-14)15-5-11-26-13-17(15)19(24)21-18;/h3-4,12H,2,5-11,13H2,1H3,(H,21,24);1H. The molecule has 0 radical (unpaired) electrons. The van der Waals surface area contributed by atoms with Crippen LogP contribution in [0.15, 0.2) is 23.0 Å². The van der Waals surface area contributed by atoms with Gasteiger partial charge in [0.2, 0.25) is 0 Å². The predicted octanol–water partition coefficient (Wildman–Crippen LogP) is 2.91. The van der Waals surface area contributed by atoms with Crippen LogP contribution in [0.1, 0.15) is 34.8 Å². The molecule has 0 saturated carbocycles. The monoisotopic (exact) mass is 407 g/mol. The summed E-state index contributed by atoms with van der Waals surface area (Å²) in [5.74, 6) is 1.90. The number of pyridine rings is 1. The van der Waals surface area contributed by atoms with Crippen molar-refractivity contribution < 1.29 is 4.79 Å². The van der Waals surface area contributed by atoms with Gasteiger partial charge < -0.3 is 9.88 Å². The summed E-state index contributed by atoms with van der Waals surface area (Å²) in [5.41, 5.74) is 3.60. The van der Waals surface area contributed by atoms with E-state index in [4.69, 9.17) is 0 Å². The molecule has 4 rings (SSSR count). The molecule has 2 aliphatic heterocycles. The van der Waals surface area contributed by atoms with Crippen LogP contribution in [0.25, 0.3) is 10.9 Å². The number of benzene rings is 1. The predicted molar refractivity (Wildman–Crippen MR) is 114 cm³/mol. The van der Waals surface area contributed by atoms with Crippen LogP contribution in [0.3, 0.4) is 0 Å². The molecule has 27 heavy (non-hydrogen) atoms. The van der Waals surface area contributed by atoms with E-state index in [9.17, 15) is 9.59 Å². The Morgan fingerprint density at radius 3 is 2.70 bits per heavy atom. The van der Waals surface area contributed by atoms with Gasteiger partial charge in [0.25, 0.3) is 11.5 Å². The first-order valence-corrected chi connectivity index (χ1v) is 10.6. The topological polar surface area (TPSA) is 56.4 Å². The largest absolute Gasteiger partial charge is 0.336 e. The number of aryl methyl sites for hydroxylation is 1. The van der Waals surface area contributed by atoms with Gasteiger partial charge in [-0.05, 0) is 48.9 Å². The van der Waals surface area contributed by atoms with Gasteiger partial charge in [-0.3, -0.25) is 14.5 Å². The van der Waals surface area contributed by atoms with Crippen LogP contribution in [-0.2, 0) is 12.2 Å². The fraction of sp³-hybridized carbons (Fsp3) is 0.500. The minimum absolute atomic E-state index is 0. The van der Waals surface area contributed by atoms with Gasteiger partial charge in [0.05, 0.1) is 0 Å². The summed E-state index contributed by atoms with van der Waals surface area (Å²) in [4.78, 5) is 32.6. The van der Waals surface area contributed by atoms with E-state index >= 15 is 0 Å². The number of H-pyrrole nitrogens is 1. The third-order valence-corrected chi connectivity index (χ3v) is 6.41. The van der Waals surface area contributed by atoms with Gasteiger partial charge in [-0.1, -0.05) is 6.92 Å². The summed E-state index contributed by atoms with van der Waals surface area (Å²) < 4.78 is 0. The zero-order valence-corrected chi connectivity index (χ0v) is 17.3. The summed E-state index contributed by atoms with van der Waals surface area (Å²) in [7, 11) is 0. The summed E-state index contributed by atoms with van der Waals surface area (Å²) in [5, 5.41) is 1.04. The lowest BCUT2D eigenvalue weighted by Crippen LogP contribution is -2.48. The molecule has 0 unspecified atom stereocenters. The van der Waals surface area contributed by atoms with Gasteiger partial charge in [0.15, 0.2) is 0 Å². The lowest BCUT2D eigenvalue weighted by Gasteiger charge is -2.34. The third kappa shape index (κ3) is 4.03. The average molecular weight is 408 g/mol. The van der Waals surface area contributed by atoms with Crippen LogP contribution >= 0.6 is 24.2 Å². The summed E-state index contributed by atoms with van der Waals surface area (Å²) >= 11 is 1.80. The minimum atomic E-state index is 0. The van der Waals surface area contributed by atoms with E-state index < -0.39 is 0 Å². The van der Waals surface area contributed by atoms with Crippen LogP contribution < -0.4 is 5.56 Å². The van der Waals surface area contributed by atoms with Crippen molar-refractivity contribution >= 4 is 41.0 Å². The quantitative estimate of drug-likeness (QED) is 0.849. The molecule has 1 fully saturated rings. The molecule has 0 aliphatic carbocycles. The Hall–Kier alpha value is -1.50. The number of hydrogen-bond donors (Lipinski definition) is 1. The molecule has 1 saturated heterocycles. The van der Waals surface area contributed by atoms with Gasteiger partial charge in [0.1, 0.15) is 0 Å². The van der Waals surface area contributed by atoms with Gasteiger partial charge in [0, 0.05) is 54.0 Å². The van der Waals surface area contributed by atoms with Crippen molar-refractivity contribution in [2.45, 2.75) is 25.5 Å². The summed E-state index contributed by atoms with van der Waals surface area (Å²) in [6.45, 7) is 6.78. The Labute approximate surface area is 169 Å². The Morgan fingerprint density at radius 2 is 1.96 bits per heavy atom. The molecule has 1 N–H and O–H groups in total. The van der Waals surface area contributed by atoms with Crippen molar-refractivity contribution in [1.29, 1.82) is 0 Å². The number of carbonyl (C=O) groups excluding carboxylic acids is 1. The normalized spacial score (nSPS) is 17.4. The molecule has 1 aromatic heterocycles. The first kappa shape index (κ1) is 20.2. The molecule has 5 nitrogen and oxygen atoms in total. The molecule has 146 valence electrons. The molecule has 0 atom stereocenters. The highest BCUT2D eigenvalue weighted by Crippen LogP contribution is 2.28. The van der Waals surface area contributed by atoms with Crippen LogP contribution in [0.5, 0.6) is 0 Å². The van der Waals surface area contributed by atoms with E-state index in [1.54, 1.807) is 11.8 Å². The van der Waals surface area contributed by atoms with Gasteiger partial charge in [-0.15, -0.1) is 12.4 Å². The Kier molecular flexibility index (Phi) is 6.50. The number of piperazine rings is 1. The van der Waals surface area contributed by atoms with Gasteiger partial charge in [-0.2, -0.15) is 11.8 Å². The van der Waals surface area contributed by atoms with E-state index in [-0.39, 0.29) is 23.9 Å². The summed E-state index contributed by atoms with van der Waals surface area (Å²) in [6.07, 6.45) is 2.05. The van der Waals surface area contributed by atoms with Crippen molar-refractivity contribution in [1.82, 2.24) is 14.8 Å². The van der Waals surface area contributed by atoms with Crippen LogP contribution in [0.4, 0.5) is 0 Å². The molecule has 3 heterocycles. The Bertz CT molecular complexity index is 891. The van der Waals surface area contributed by atoms with Crippen molar-refractivity contribution in [2.75, 3.05) is 38.5 Å². The fourth-order valence-electron chi connectivity index (χ4n) is 3.99. The highest BCUT2D eigenvalue weighted by atomic mass is 35.5. The molecule has 1 aromatic carbocycles. The maximum atomic E-state index is 13.0. The number of halogens is 1. The molecule has 2 aliphatic rings. The number of amides is 1. The zero-order chi connectivity index (χ0) is 18.1. The zero-order valence-electron chi connectivity index (χ0n) is 15.6. The number of rotatable bonds is 3. The molecule has 0 spiro atoms. The highest BCUT2D eigenvalue weighted by Gasteiger charge is 2.23. The smallest absolute Gasteiger partial charge is 0.253 e. The van der Waals surface area contributed by atoms with Crippen molar-refractivity contribution in [3.05, 3.63) is 45.2 Å². The first-order chi connectivity index (χ1) is 12.7. The Balaban J connectivity index is 0.00000210. The van der Waals surface area contributed by atoms with E-state index in [1.165, 1.54) is 0 Å². The van der Waals surface area contributed by atoms with Crippen LogP contribution in [0, 0.1) is 0 Å². The minimum Gasteiger partial charge on any atom is -0.336 e. The lowest BCUT2D eigenvalue weighted by molar-refractivity contribution is 0.0637. The number of carbonyl (C=O) groups is 1. The molecule has 7 heteroatoms. The first-order valence-electron chi connectivity index (χ1n) is 9.44.